The van der Waals surface area contributed by atoms with Crippen LogP contribution in [0.3, 0.4) is 0 Å². The Morgan fingerprint density at radius 3 is 2.52 bits per heavy atom. The summed E-state index contributed by atoms with van der Waals surface area (Å²) in [5, 5.41) is 14.3. The largest absolute Gasteiger partial charge is 0.335 e. The molecule has 2 fully saturated rings. The van der Waals surface area contributed by atoms with Crippen molar-refractivity contribution >= 4 is 23.7 Å². The molecule has 1 atom stereocenters. The lowest BCUT2D eigenvalue weighted by Crippen LogP contribution is -2.47. The fraction of sp³-hybridized carbons (Fsp3) is 0.550. The number of imide groups is 1. The first-order valence-corrected chi connectivity index (χ1v) is 11.1. The van der Waals surface area contributed by atoms with Gasteiger partial charge in [-0.2, -0.15) is 0 Å². The minimum absolute atomic E-state index is 0.167. The van der Waals surface area contributed by atoms with Crippen LogP contribution in [0.25, 0.3) is 11.4 Å². The molecule has 2 aliphatic carbocycles. The Morgan fingerprint density at radius 2 is 1.83 bits per heavy atom. The van der Waals surface area contributed by atoms with E-state index in [0.717, 1.165) is 49.9 Å². The van der Waals surface area contributed by atoms with Crippen molar-refractivity contribution in [2.75, 3.05) is 0 Å². The molecule has 0 saturated heterocycles. The van der Waals surface area contributed by atoms with Crippen LogP contribution >= 0.6 is 11.8 Å². The van der Waals surface area contributed by atoms with Crippen molar-refractivity contribution in [3.63, 3.8) is 0 Å². The molecule has 154 valence electrons. The van der Waals surface area contributed by atoms with E-state index in [4.69, 9.17) is 0 Å². The summed E-state index contributed by atoms with van der Waals surface area (Å²) in [4.78, 5) is 28.7. The van der Waals surface area contributed by atoms with Crippen LogP contribution in [0, 0.1) is 0 Å². The Morgan fingerprint density at radius 1 is 1.10 bits per heavy atom. The Balaban J connectivity index is 1.39. The van der Waals surface area contributed by atoms with Gasteiger partial charge in [0.15, 0.2) is 11.0 Å². The number of amides is 3. The number of pyridine rings is 1. The van der Waals surface area contributed by atoms with Gasteiger partial charge in [0.2, 0.25) is 5.91 Å². The minimum atomic E-state index is -0.459. The van der Waals surface area contributed by atoms with E-state index in [2.05, 4.69) is 30.4 Å². The first-order chi connectivity index (χ1) is 14.1. The van der Waals surface area contributed by atoms with Crippen LogP contribution < -0.4 is 10.6 Å². The third-order valence-corrected chi connectivity index (χ3v) is 6.40. The fourth-order valence-electron chi connectivity index (χ4n) is 3.61. The van der Waals surface area contributed by atoms with Gasteiger partial charge in [0.25, 0.3) is 0 Å². The molecule has 0 radical (unpaired) electrons. The van der Waals surface area contributed by atoms with Gasteiger partial charge < -0.3 is 5.32 Å². The molecule has 2 saturated carbocycles. The normalized spacial score (nSPS) is 18.2. The summed E-state index contributed by atoms with van der Waals surface area (Å²) >= 11 is 1.33. The van der Waals surface area contributed by atoms with Crippen LogP contribution in [-0.4, -0.2) is 43.0 Å². The summed E-state index contributed by atoms with van der Waals surface area (Å²) in [6.07, 6.45) is 11.0. The van der Waals surface area contributed by atoms with Crippen molar-refractivity contribution in [3.8, 4) is 11.4 Å². The number of thioether (sulfide) groups is 1. The lowest BCUT2D eigenvalue weighted by Gasteiger charge is -2.23. The van der Waals surface area contributed by atoms with Crippen molar-refractivity contribution in [3.05, 3.63) is 24.5 Å². The van der Waals surface area contributed by atoms with E-state index in [1.807, 2.05) is 12.1 Å². The van der Waals surface area contributed by atoms with Gasteiger partial charge in [-0.3, -0.25) is 19.7 Å². The number of urea groups is 1. The number of carbonyl (C=O) groups excluding carboxylic acids is 2. The predicted octanol–water partition coefficient (Wildman–Crippen LogP) is 3.31. The molecule has 0 bridgehead atoms. The second-order valence-corrected chi connectivity index (χ2v) is 9.01. The summed E-state index contributed by atoms with van der Waals surface area (Å²) in [6, 6.07) is 3.93. The number of nitrogens with one attached hydrogen (secondary N) is 2. The van der Waals surface area contributed by atoms with Crippen molar-refractivity contribution < 1.29 is 9.59 Å². The van der Waals surface area contributed by atoms with E-state index in [9.17, 15) is 9.59 Å². The molecular formula is C20H26N6O2S. The summed E-state index contributed by atoms with van der Waals surface area (Å²) in [7, 11) is 0. The molecule has 29 heavy (non-hydrogen) atoms. The second-order valence-electron chi connectivity index (χ2n) is 7.70. The van der Waals surface area contributed by atoms with Crippen molar-refractivity contribution in [2.45, 2.75) is 74.4 Å². The zero-order valence-corrected chi connectivity index (χ0v) is 17.3. The first-order valence-electron chi connectivity index (χ1n) is 10.2. The first kappa shape index (κ1) is 19.9. The second kappa shape index (κ2) is 8.94. The Hall–Kier alpha value is -2.42. The maximum absolute atomic E-state index is 12.5. The van der Waals surface area contributed by atoms with Crippen molar-refractivity contribution in [2.24, 2.45) is 0 Å². The number of nitrogens with zero attached hydrogens (tertiary/aromatic N) is 4. The molecule has 0 unspecified atom stereocenters. The van der Waals surface area contributed by atoms with Crippen LogP contribution in [0.1, 0.15) is 57.9 Å². The Kier molecular flexibility index (Phi) is 6.13. The highest BCUT2D eigenvalue weighted by atomic mass is 32.2. The fourth-order valence-corrected chi connectivity index (χ4v) is 4.53. The maximum Gasteiger partial charge on any atom is 0.321 e. The third kappa shape index (κ3) is 4.95. The Labute approximate surface area is 174 Å². The average Bonchev–Trinajstić information content (AvgIpc) is 3.49. The lowest BCUT2D eigenvalue weighted by molar-refractivity contribution is -0.119. The van der Waals surface area contributed by atoms with E-state index in [-0.39, 0.29) is 11.9 Å². The third-order valence-electron chi connectivity index (χ3n) is 5.34. The van der Waals surface area contributed by atoms with Crippen LogP contribution in [-0.2, 0) is 4.79 Å². The summed E-state index contributed by atoms with van der Waals surface area (Å²) in [6.45, 7) is 1.78. The molecule has 0 spiro atoms. The van der Waals surface area contributed by atoms with Crippen LogP contribution in [0.4, 0.5) is 4.79 Å². The number of rotatable bonds is 6. The molecule has 2 N–H and O–H groups in total. The van der Waals surface area contributed by atoms with Crippen molar-refractivity contribution in [1.82, 2.24) is 30.4 Å². The average molecular weight is 415 g/mol. The van der Waals surface area contributed by atoms with E-state index >= 15 is 0 Å². The molecule has 2 aromatic heterocycles. The maximum atomic E-state index is 12.5. The minimum Gasteiger partial charge on any atom is -0.335 e. The monoisotopic (exact) mass is 414 g/mol. The van der Waals surface area contributed by atoms with Gasteiger partial charge in [-0.1, -0.05) is 31.0 Å². The Bertz CT molecular complexity index is 861. The summed E-state index contributed by atoms with van der Waals surface area (Å²) < 4.78 is 2.10. The number of aromatic nitrogens is 4. The van der Waals surface area contributed by atoms with Crippen LogP contribution in [0.2, 0.25) is 0 Å². The highest BCUT2D eigenvalue weighted by molar-refractivity contribution is 8.00. The quantitative estimate of drug-likeness (QED) is 0.703. The molecule has 3 amide bonds. The van der Waals surface area contributed by atoms with Crippen LogP contribution in [0.5, 0.6) is 0 Å². The van der Waals surface area contributed by atoms with Gasteiger partial charge in [0.05, 0.1) is 5.25 Å². The number of carbonyl (C=O) groups is 2. The number of hydrogen-bond donors (Lipinski definition) is 2. The smallest absolute Gasteiger partial charge is 0.321 e. The molecule has 9 heteroatoms. The highest BCUT2D eigenvalue weighted by Gasteiger charge is 2.31. The van der Waals surface area contributed by atoms with Gasteiger partial charge in [0.1, 0.15) is 0 Å². The van der Waals surface area contributed by atoms with E-state index in [1.165, 1.54) is 18.2 Å². The van der Waals surface area contributed by atoms with Gasteiger partial charge in [0, 0.05) is 30.0 Å². The van der Waals surface area contributed by atoms with Gasteiger partial charge in [-0.25, -0.2) is 4.79 Å². The van der Waals surface area contributed by atoms with Gasteiger partial charge in [-0.15, -0.1) is 10.2 Å². The van der Waals surface area contributed by atoms with E-state index < -0.39 is 11.3 Å². The molecule has 4 rings (SSSR count). The lowest BCUT2D eigenvalue weighted by atomic mass is 9.96. The van der Waals surface area contributed by atoms with Gasteiger partial charge >= 0.3 is 6.03 Å². The summed E-state index contributed by atoms with van der Waals surface area (Å²) in [5.41, 5.74) is 0.954. The van der Waals surface area contributed by atoms with Crippen LogP contribution in [0.15, 0.2) is 29.7 Å². The predicted molar refractivity (Wildman–Crippen MR) is 110 cm³/mol. The number of hydrogen-bond acceptors (Lipinski definition) is 6. The molecule has 8 nitrogen and oxygen atoms in total. The van der Waals surface area contributed by atoms with Gasteiger partial charge in [-0.05, 0) is 44.7 Å². The van der Waals surface area contributed by atoms with Crippen molar-refractivity contribution in [1.29, 1.82) is 0 Å². The SMILES string of the molecule is C[C@@H](Sc1nnc(-c2ccncc2)n1C1CC1)C(=O)NC(=O)NC1CCCCC1. The van der Waals surface area contributed by atoms with E-state index in [0.29, 0.717) is 11.2 Å². The zero-order chi connectivity index (χ0) is 20.2. The molecule has 2 aliphatic rings. The highest BCUT2D eigenvalue weighted by Crippen LogP contribution is 2.41. The standard InChI is InChI=1S/C20H26N6O2S/c1-13(18(27)23-19(28)22-15-5-3-2-4-6-15)29-20-25-24-17(26(20)16-7-8-16)14-9-11-21-12-10-14/h9-13,15-16H,2-8H2,1H3,(H2,22,23,27,28)/t13-/m1/s1. The zero-order valence-electron chi connectivity index (χ0n) is 16.5. The van der Waals surface area contributed by atoms with E-state index in [1.54, 1.807) is 19.3 Å². The molecule has 0 aromatic carbocycles. The summed E-state index contributed by atoms with van der Waals surface area (Å²) in [5.74, 6) is 0.471. The topological polar surface area (TPSA) is 102 Å². The molecular weight excluding hydrogens is 388 g/mol. The molecule has 0 aliphatic heterocycles. The molecule has 2 aromatic rings. The molecule has 2 heterocycles.